The first kappa shape index (κ1) is 16.0. The van der Waals surface area contributed by atoms with Gasteiger partial charge in [-0.2, -0.15) is 5.10 Å². The van der Waals surface area contributed by atoms with Gasteiger partial charge in [0.05, 0.1) is 12.3 Å². The van der Waals surface area contributed by atoms with Crippen molar-refractivity contribution in [2.75, 3.05) is 13.2 Å². The molecule has 6 nitrogen and oxygen atoms in total. The van der Waals surface area contributed by atoms with Gasteiger partial charge in [0, 0.05) is 24.5 Å². The van der Waals surface area contributed by atoms with Gasteiger partial charge in [-0.3, -0.25) is 0 Å². The zero-order chi connectivity index (χ0) is 17.4. The van der Waals surface area contributed by atoms with E-state index in [4.69, 9.17) is 14.2 Å². The van der Waals surface area contributed by atoms with Crippen LogP contribution in [0.1, 0.15) is 41.0 Å². The van der Waals surface area contributed by atoms with Crippen molar-refractivity contribution in [3.05, 3.63) is 58.7 Å². The van der Waals surface area contributed by atoms with E-state index in [1.807, 2.05) is 13.8 Å². The number of rotatable bonds is 4. The van der Waals surface area contributed by atoms with Gasteiger partial charge in [0.15, 0.2) is 5.82 Å². The summed E-state index contributed by atoms with van der Waals surface area (Å²) in [6.45, 7) is 5.07. The average molecular weight is 342 g/mol. The summed E-state index contributed by atoms with van der Waals surface area (Å²) in [5, 5.41) is 8.59. The molecule has 0 saturated carbocycles. The summed E-state index contributed by atoms with van der Waals surface area (Å²) in [6, 6.07) is 6.58. The molecule has 7 heteroatoms. The monoisotopic (exact) mass is 342 g/mol. The molecule has 0 spiro atoms. The molecule has 25 heavy (non-hydrogen) atoms. The maximum Gasteiger partial charge on any atom is 0.156 e. The van der Waals surface area contributed by atoms with Gasteiger partial charge in [-0.05, 0) is 32.4 Å². The zero-order valence-corrected chi connectivity index (χ0v) is 14.2. The zero-order valence-electron chi connectivity index (χ0n) is 14.2. The van der Waals surface area contributed by atoms with Crippen LogP contribution in [0.15, 0.2) is 28.8 Å². The highest BCUT2D eigenvalue weighted by Crippen LogP contribution is 2.26. The van der Waals surface area contributed by atoms with E-state index < -0.39 is 0 Å². The van der Waals surface area contributed by atoms with Gasteiger partial charge in [-0.1, -0.05) is 17.3 Å². The van der Waals surface area contributed by atoms with E-state index in [-0.39, 0.29) is 11.7 Å². The van der Waals surface area contributed by atoms with E-state index in [2.05, 4.69) is 10.3 Å². The number of halogens is 1. The van der Waals surface area contributed by atoms with Crippen LogP contribution in [0.3, 0.4) is 0 Å². The molecule has 0 radical (unpaired) electrons. The van der Waals surface area contributed by atoms with Crippen LogP contribution in [0.25, 0.3) is 5.69 Å². The molecule has 3 heterocycles. The molecule has 4 rings (SSSR count). The maximum atomic E-state index is 14.3. The Morgan fingerprint density at radius 3 is 2.80 bits per heavy atom. The number of hydrogen-bond donors (Lipinski definition) is 0. The molecule has 3 aromatic rings. The number of hydrogen-bond acceptors (Lipinski definition) is 5. The lowest BCUT2D eigenvalue weighted by Crippen LogP contribution is -2.07. The molecule has 0 unspecified atom stereocenters. The number of aromatic nitrogens is 4. The van der Waals surface area contributed by atoms with Crippen LogP contribution in [0, 0.1) is 19.7 Å². The van der Waals surface area contributed by atoms with Gasteiger partial charge in [-0.15, -0.1) is 0 Å². The van der Waals surface area contributed by atoms with Crippen molar-refractivity contribution in [1.82, 2.24) is 19.9 Å². The summed E-state index contributed by atoms with van der Waals surface area (Å²) in [5.41, 5.74) is 2.16. The number of ether oxygens (including phenoxy) is 1. The molecule has 1 aliphatic rings. The van der Waals surface area contributed by atoms with Gasteiger partial charge >= 0.3 is 0 Å². The molecule has 130 valence electrons. The van der Waals surface area contributed by atoms with E-state index in [0.717, 1.165) is 23.4 Å². The van der Waals surface area contributed by atoms with Crippen molar-refractivity contribution < 1.29 is 13.7 Å². The minimum absolute atomic E-state index is 0.149. The lowest BCUT2D eigenvalue weighted by molar-refractivity contribution is 0.193. The quantitative estimate of drug-likeness (QED) is 0.729. The first-order valence-corrected chi connectivity index (χ1v) is 8.33. The van der Waals surface area contributed by atoms with Crippen molar-refractivity contribution in [3.8, 4) is 5.69 Å². The highest BCUT2D eigenvalue weighted by Gasteiger charge is 2.25. The molecular formula is C18H19FN4O2. The second kappa shape index (κ2) is 6.40. The van der Waals surface area contributed by atoms with Crippen molar-refractivity contribution in [2.45, 2.75) is 32.6 Å². The molecular weight excluding hydrogens is 323 g/mol. The van der Waals surface area contributed by atoms with Crippen LogP contribution in [-0.2, 0) is 11.2 Å². The Morgan fingerprint density at radius 2 is 2.12 bits per heavy atom. The van der Waals surface area contributed by atoms with Crippen LogP contribution in [-0.4, -0.2) is 33.1 Å². The van der Waals surface area contributed by atoms with Gasteiger partial charge in [0.2, 0.25) is 0 Å². The summed E-state index contributed by atoms with van der Waals surface area (Å²) in [6.07, 6.45) is 1.36. The summed E-state index contributed by atoms with van der Waals surface area (Å²) in [4.78, 5) is 4.70. The van der Waals surface area contributed by atoms with Crippen LogP contribution in [0.4, 0.5) is 4.39 Å². The Bertz CT molecular complexity index is 877. The topological polar surface area (TPSA) is 66.0 Å². The number of benzene rings is 1. The highest BCUT2D eigenvalue weighted by molar-refractivity contribution is 5.35. The Labute approximate surface area is 144 Å². The Balaban J connectivity index is 1.79. The standard InChI is InChI=1S/C18H19FN4O2/c1-11-14(12(2)25-22-11)9-17-20-18(13-7-8-24-10-13)21-23(17)16-6-4-3-5-15(16)19/h3-6,13H,7-10H2,1-2H3/t13-/m1/s1. The molecule has 0 N–H and O–H groups in total. The number of nitrogens with zero attached hydrogens (tertiary/aromatic N) is 4. The minimum Gasteiger partial charge on any atom is -0.381 e. The highest BCUT2D eigenvalue weighted by atomic mass is 19.1. The largest absolute Gasteiger partial charge is 0.381 e. The van der Waals surface area contributed by atoms with E-state index in [0.29, 0.717) is 37.0 Å². The fourth-order valence-corrected chi connectivity index (χ4v) is 3.12. The number of aryl methyl sites for hydroxylation is 2. The van der Waals surface area contributed by atoms with Crippen molar-refractivity contribution in [2.24, 2.45) is 0 Å². The smallest absolute Gasteiger partial charge is 0.156 e. The Kier molecular flexibility index (Phi) is 4.09. The lowest BCUT2D eigenvalue weighted by Gasteiger charge is -2.06. The summed E-state index contributed by atoms with van der Waals surface area (Å²) >= 11 is 0. The van der Waals surface area contributed by atoms with E-state index >= 15 is 0 Å². The number of para-hydroxylation sites is 1. The van der Waals surface area contributed by atoms with Crippen molar-refractivity contribution in [3.63, 3.8) is 0 Å². The Hall–Kier alpha value is -2.54. The molecule has 1 atom stereocenters. The van der Waals surface area contributed by atoms with Gasteiger partial charge in [-0.25, -0.2) is 14.1 Å². The fraction of sp³-hybridized carbons (Fsp3) is 0.389. The minimum atomic E-state index is -0.332. The predicted molar refractivity (Wildman–Crippen MR) is 88.3 cm³/mol. The van der Waals surface area contributed by atoms with E-state index in [9.17, 15) is 4.39 Å². The van der Waals surface area contributed by atoms with Crippen LogP contribution >= 0.6 is 0 Å². The van der Waals surface area contributed by atoms with Crippen LogP contribution in [0.5, 0.6) is 0 Å². The van der Waals surface area contributed by atoms with E-state index in [1.54, 1.807) is 22.9 Å². The summed E-state index contributed by atoms with van der Waals surface area (Å²) < 4.78 is 26.6. The van der Waals surface area contributed by atoms with Gasteiger partial charge in [0.25, 0.3) is 0 Å². The summed E-state index contributed by atoms with van der Waals surface area (Å²) in [5.74, 6) is 1.92. The molecule has 2 aromatic heterocycles. The van der Waals surface area contributed by atoms with Crippen molar-refractivity contribution in [1.29, 1.82) is 0 Å². The summed E-state index contributed by atoms with van der Waals surface area (Å²) in [7, 11) is 0. The third kappa shape index (κ3) is 2.95. The molecule has 1 aromatic carbocycles. The first-order chi connectivity index (χ1) is 12.1. The SMILES string of the molecule is Cc1noc(C)c1Cc1nc([C@@H]2CCOC2)nn1-c1ccccc1F. The molecule has 0 bridgehead atoms. The van der Waals surface area contributed by atoms with Crippen LogP contribution in [0.2, 0.25) is 0 Å². The molecule has 1 saturated heterocycles. The van der Waals surface area contributed by atoms with Crippen molar-refractivity contribution >= 4 is 0 Å². The first-order valence-electron chi connectivity index (χ1n) is 8.33. The third-order valence-corrected chi connectivity index (χ3v) is 4.58. The lowest BCUT2D eigenvalue weighted by atomic mass is 10.1. The molecule has 0 aliphatic carbocycles. The Morgan fingerprint density at radius 1 is 1.28 bits per heavy atom. The fourth-order valence-electron chi connectivity index (χ4n) is 3.12. The normalized spacial score (nSPS) is 17.3. The van der Waals surface area contributed by atoms with Gasteiger partial charge in [0.1, 0.15) is 23.1 Å². The van der Waals surface area contributed by atoms with Gasteiger partial charge < -0.3 is 9.26 Å². The second-order valence-electron chi connectivity index (χ2n) is 6.29. The van der Waals surface area contributed by atoms with Crippen LogP contribution < -0.4 is 0 Å². The van der Waals surface area contributed by atoms with E-state index in [1.165, 1.54) is 6.07 Å². The average Bonchev–Trinajstić information content (AvgIpc) is 3.32. The second-order valence-corrected chi connectivity index (χ2v) is 6.29. The molecule has 1 fully saturated rings. The predicted octanol–water partition coefficient (Wildman–Crippen LogP) is 3.11. The molecule has 1 aliphatic heterocycles. The maximum absolute atomic E-state index is 14.3. The molecule has 0 amide bonds. The third-order valence-electron chi connectivity index (χ3n) is 4.58.